The summed E-state index contributed by atoms with van der Waals surface area (Å²) in [6.07, 6.45) is -0.161. The molecule has 40 heavy (non-hydrogen) atoms. The number of aliphatic carboxylic acids is 1. The van der Waals surface area contributed by atoms with Crippen molar-refractivity contribution in [3.05, 3.63) is 131 Å². The minimum atomic E-state index is -0.965. The zero-order valence-corrected chi connectivity index (χ0v) is 22.8. The normalized spacial score (nSPS) is 12.2. The molecule has 0 spiro atoms. The monoisotopic (exact) mass is 534 g/mol. The molecule has 4 aromatic rings. The van der Waals surface area contributed by atoms with Gasteiger partial charge in [0.15, 0.2) is 0 Å². The molecule has 0 saturated carbocycles. The zero-order valence-electron chi connectivity index (χ0n) is 22.8. The van der Waals surface area contributed by atoms with Gasteiger partial charge in [0.05, 0.1) is 12.5 Å². The van der Waals surface area contributed by atoms with E-state index in [1.54, 1.807) is 29.2 Å². The number of carboxylic acid groups (broad SMARTS) is 1. The van der Waals surface area contributed by atoms with Crippen LogP contribution < -0.4 is 5.32 Å². The maximum atomic E-state index is 14.0. The average molecular weight is 535 g/mol. The molecule has 2 unspecified atom stereocenters. The molecule has 4 rings (SSSR count). The molecular formula is C34H34N2O4. The first-order valence-electron chi connectivity index (χ1n) is 13.5. The lowest BCUT2D eigenvalue weighted by molar-refractivity contribution is -0.137. The first-order valence-corrected chi connectivity index (χ1v) is 13.5. The molecule has 2 N–H and O–H groups in total. The minimum absolute atomic E-state index is 0.00338. The van der Waals surface area contributed by atoms with Gasteiger partial charge in [-0.25, -0.2) is 0 Å². The molecule has 0 aliphatic heterocycles. The van der Waals surface area contributed by atoms with Crippen LogP contribution in [0.25, 0.3) is 11.1 Å². The number of amides is 2. The van der Waals surface area contributed by atoms with Gasteiger partial charge in [-0.3, -0.25) is 14.4 Å². The quantitative estimate of drug-likeness (QED) is 0.228. The van der Waals surface area contributed by atoms with E-state index in [1.807, 2.05) is 98.8 Å². The van der Waals surface area contributed by atoms with Gasteiger partial charge < -0.3 is 15.3 Å². The lowest BCUT2D eigenvalue weighted by Gasteiger charge is -2.27. The number of hydrogen-bond acceptors (Lipinski definition) is 3. The van der Waals surface area contributed by atoms with Gasteiger partial charge in [0.1, 0.15) is 0 Å². The van der Waals surface area contributed by atoms with Crippen molar-refractivity contribution in [2.45, 2.75) is 32.2 Å². The Labute approximate surface area is 235 Å². The van der Waals surface area contributed by atoms with Crippen molar-refractivity contribution in [3.63, 3.8) is 0 Å². The van der Waals surface area contributed by atoms with E-state index in [0.717, 1.165) is 11.1 Å². The molecule has 0 fully saturated rings. The highest BCUT2D eigenvalue weighted by atomic mass is 16.4. The highest BCUT2D eigenvalue weighted by Crippen LogP contribution is 2.29. The fourth-order valence-corrected chi connectivity index (χ4v) is 4.81. The Kier molecular flexibility index (Phi) is 9.47. The zero-order chi connectivity index (χ0) is 28.5. The molecule has 0 radical (unpaired) electrons. The molecule has 4 aromatic carbocycles. The van der Waals surface area contributed by atoms with Crippen LogP contribution in [-0.4, -0.2) is 40.9 Å². The average Bonchev–Trinajstić information content (AvgIpc) is 2.99. The summed E-state index contributed by atoms with van der Waals surface area (Å²) in [6.45, 7) is 4.40. The van der Waals surface area contributed by atoms with Gasteiger partial charge in [-0.1, -0.05) is 104 Å². The van der Waals surface area contributed by atoms with Crippen molar-refractivity contribution in [3.8, 4) is 11.1 Å². The van der Waals surface area contributed by atoms with Crippen LogP contribution in [0.4, 0.5) is 0 Å². The number of hydrogen-bond donors (Lipinski definition) is 2. The van der Waals surface area contributed by atoms with E-state index in [-0.39, 0.29) is 36.7 Å². The predicted molar refractivity (Wildman–Crippen MR) is 157 cm³/mol. The third-order valence-electron chi connectivity index (χ3n) is 7.01. The standard InChI is InChI=1S/C34H34N2O4/c1-24(26-13-5-3-6-14-26)23-36(22-21-32(37)38)34(40)31-20-12-10-18-29(31)28-17-9-11-19-30(28)33(39)35-25(2)27-15-7-4-8-16-27/h3-20,24-25H,21-23H2,1-2H3,(H,35,39)(H,37,38). The number of benzene rings is 4. The Balaban J connectivity index is 1.65. The number of nitrogens with zero attached hydrogens (tertiary/aromatic N) is 1. The highest BCUT2D eigenvalue weighted by Gasteiger charge is 2.24. The second-order valence-electron chi connectivity index (χ2n) is 9.90. The van der Waals surface area contributed by atoms with E-state index in [2.05, 4.69) is 5.32 Å². The van der Waals surface area contributed by atoms with Gasteiger partial charge in [-0.15, -0.1) is 0 Å². The number of carbonyl (C=O) groups excluding carboxylic acids is 2. The van der Waals surface area contributed by atoms with E-state index in [4.69, 9.17) is 0 Å². The van der Waals surface area contributed by atoms with Gasteiger partial charge in [0.25, 0.3) is 11.8 Å². The van der Waals surface area contributed by atoms with Gasteiger partial charge in [0, 0.05) is 24.2 Å². The van der Waals surface area contributed by atoms with Gasteiger partial charge in [-0.05, 0) is 47.2 Å². The van der Waals surface area contributed by atoms with E-state index in [9.17, 15) is 19.5 Å². The smallest absolute Gasteiger partial charge is 0.305 e. The SMILES string of the molecule is CC(CN(CCC(=O)O)C(=O)c1ccccc1-c1ccccc1C(=O)NC(C)c1ccccc1)c1ccccc1. The summed E-state index contributed by atoms with van der Waals surface area (Å²) in [7, 11) is 0. The Hall–Kier alpha value is -4.71. The molecule has 0 saturated heterocycles. The third kappa shape index (κ3) is 7.03. The fraction of sp³-hybridized carbons (Fsp3) is 0.206. The molecule has 0 aromatic heterocycles. The molecule has 0 bridgehead atoms. The Morgan fingerprint density at radius 3 is 1.80 bits per heavy atom. The maximum Gasteiger partial charge on any atom is 0.305 e. The summed E-state index contributed by atoms with van der Waals surface area (Å²) in [6, 6.07) is 33.8. The summed E-state index contributed by atoms with van der Waals surface area (Å²) < 4.78 is 0. The van der Waals surface area contributed by atoms with Crippen LogP contribution >= 0.6 is 0 Å². The summed E-state index contributed by atoms with van der Waals surface area (Å²) in [5, 5.41) is 12.4. The summed E-state index contributed by atoms with van der Waals surface area (Å²) >= 11 is 0. The molecule has 6 heteroatoms. The molecule has 0 aliphatic carbocycles. The minimum Gasteiger partial charge on any atom is -0.481 e. The number of nitrogens with one attached hydrogen (secondary N) is 1. The number of rotatable bonds is 11. The Morgan fingerprint density at radius 1 is 0.700 bits per heavy atom. The molecule has 6 nitrogen and oxygen atoms in total. The van der Waals surface area contributed by atoms with Crippen LogP contribution in [0.3, 0.4) is 0 Å². The third-order valence-corrected chi connectivity index (χ3v) is 7.01. The Morgan fingerprint density at radius 2 is 1.20 bits per heavy atom. The maximum absolute atomic E-state index is 14.0. The molecule has 2 atom stereocenters. The molecular weight excluding hydrogens is 500 g/mol. The second kappa shape index (κ2) is 13.4. The van der Waals surface area contributed by atoms with Crippen molar-refractivity contribution in [1.82, 2.24) is 10.2 Å². The van der Waals surface area contributed by atoms with Crippen LogP contribution in [-0.2, 0) is 4.79 Å². The largest absolute Gasteiger partial charge is 0.481 e. The lowest BCUT2D eigenvalue weighted by Crippen LogP contribution is -2.36. The fourth-order valence-electron chi connectivity index (χ4n) is 4.81. The van der Waals surface area contributed by atoms with Crippen molar-refractivity contribution in [1.29, 1.82) is 0 Å². The lowest BCUT2D eigenvalue weighted by atomic mass is 9.93. The second-order valence-corrected chi connectivity index (χ2v) is 9.90. The summed E-state index contributed by atoms with van der Waals surface area (Å²) in [5.74, 6) is -1.47. The summed E-state index contributed by atoms with van der Waals surface area (Å²) in [4.78, 5) is 40.5. The highest BCUT2D eigenvalue weighted by molar-refractivity contribution is 6.06. The van der Waals surface area contributed by atoms with Crippen molar-refractivity contribution in [2.75, 3.05) is 13.1 Å². The van der Waals surface area contributed by atoms with Crippen LogP contribution in [0.15, 0.2) is 109 Å². The van der Waals surface area contributed by atoms with Crippen molar-refractivity contribution >= 4 is 17.8 Å². The number of carboxylic acids is 1. The molecule has 0 heterocycles. The molecule has 2 amide bonds. The van der Waals surface area contributed by atoms with Crippen LogP contribution in [0.1, 0.15) is 64.1 Å². The Bertz CT molecular complexity index is 1450. The van der Waals surface area contributed by atoms with Crippen LogP contribution in [0.5, 0.6) is 0 Å². The van der Waals surface area contributed by atoms with Gasteiger partial charge in [0.2, 0.25) is 0 Å². The first-order chi connectivity index (χ1) is 19.3. The van der Waals surface area contributed by atoms with E-state index < -0.39 is 5.97 Å². The topological polar surface area (TPSA) is 86.7 Å². The molecule has 204 valence electrons. The van der Waals surface area contributed by atoms with E-state index >= 15 is 0 Å². The van der Waals surface area contributed by atoms with Crippen molar-refractivity contribution < 1.29 is 19.5 Å². The van der Waals surface area contributed by atoms with Crippen LogP contribution in [0.2, 0.25) is 0 Å². The molecule has 0 aliphatic rings. The van der Waals surface area contributed by atoms with Crippen LogP contribution in [0, 0.1) is 0 Å². The van der Waals surface area contributed by atoms with E-state index in [0.29, 0.717) is 28.8 Å². The van der Waals surface area contributed by atoms with Crippen molar-refractivity contribution in [2.24, 2.45) is 0 Å². The van der Waals surface area contributed by atoms with Gasteiger partial charge in [-0.2, -0.15) is 0 Å². The summed E-state index contributed by atoms with van der Waals surface area (Å²) in [5.41, 5.74) is 4.20. The first kappa shape index (κ1) is 28.3. The van der Waals surface area contributed by atoms with Gasteiger partial charge >= 0.3 is 5.97 Å². The van der Waals surface area contributed by atoms with E-state index in [1.165, 1.54) is 0 Å². The predicted octanol–water partition coefficient (Wildman–Crippen LogP) is 6.57. The number of carbonyl (C=O) groups is 3.